The zero-order chi connectivity index (χ0) is 21.9. The van der Waals surface area contributed by atoms with Crippen molar-refractivity contribution in [2.45, 2.75) is 27.5 Å². The van der Waals surface area contributed by atoms with Crippen molar-refractivity contribution in [2.75, 3.05) is 30.9 Å². The number of sulfonamides is 1. The SMILES string of the molecule is CSc1ccc(NC(=O)C2CCN(S(=O)(=O)c3ccccc3S(C)(=O)=O)CC2)cc1. The minimum Gasteiger partial charge on any atom is -0.326 e. The van der Waals surface area contributed by atoms with Crippen LogP contribution in [0.5, 0.6) is 0 Å². The molecule has 1 saturated heterocycles. The highest BCUT2D eigenvalue weighted by atomic mass is 32.2. The van der Waals surface area contributed by atoms with Crippen molar-refractivity contribution in [1.29, 1.82) is 0 Å². The van der Waals surface area contributed by atoms with Crippen molar-refractivity contribution in [3.05, 3.63) is 48.5 Å². The van der Waals surface area contributed by atoms with Gasteiger partial charge in [0.15, 0.2) is 9.84 Å². The molecule has 2 aromatic rings. The van der Waals surface area contributed by atoms with Crippen molar-refractivity contribution >= 4 is 43.2 Å². The number of hydrogen-bond acceptors (Lipinski definition) is 6. The summed E-state index contributed by atoms with van der Waals surface area (Å²) in [5.41, 5.74) is 0.704. The normalized spacial score (nSPS) is 16.3. The summed E-state index contributed by atoms with van der Waals surface area (Å²) in [5.74, 6) is -0.442. The summed E-state index contributed by atoms with van der Waals surface area (Å²) in [6.45, 7) is 0.313. The largest absolute Gasteiger partial charge is 0.326 e. The summed E-state index contributed by atoms with van der Waals surface area (Å²) in [4.78, 5) is 13.2. The fourth-order valence-electron chi connectivity index (χ4n) is 3.39. The van der Waals surface area contributed by atoms with Gasteiger partial charge < -0.3 is 5.32 Å². The number of carbonyl (C=O) groups is 1. The zero-order valence-electron chi connectivity index (χ0n) is 16.7. The summed E-state index contributed by atoms with van der Waals surface area (Å²) in [6, 6.07) is 13.1. The molecule has 0 spiro atoms. The smallest absolute Gasteiger partial charge is 0.244 e. The van der Waals surface area contributed by atoms with Crippen molar-refractivity contribution in [2.24, 2.45) is 5.92 Å². The summed E-state index contributed by atoms with van der Waals surface area (Å²) >= 11 is 1.61. The Morgan fingerprint density at radius 1 is 0.967 bits per heavy atom. The Kier molecular flexibility index (Phi) is 6.91. The Labute approximate surface area is 181 Å². The number of nitrogens with one attached hydrogen (secondary N) is 1. The number of thioether (sulfide) groups is 1. The number of sulfone groups is 1. The first-order chi connectivity index (χ1) is 14.1. The lowest BCUT2D eigenvalue weighted by Crippen LogP contribution is -2.41. The Balaban J connectivity index is 1.68. The number of hydrogen-bond donors (Lipinski definition) is 1. The van der Waals surface area contributed by atoms with Crippen molar-refractivity contribution in [1.82, 2.24) is 4.31 Å². The first-order valence-electron chi connectivity index (χ1n) is 9.37. The molecule has 30 heavy (non-hydrogen) atoms. The molecule has 0 radical (unpaired) electrons. The second-order valence-electron chi connectivity index (χ2n) is 7.12. The molecule has 0 unspecified atom stereocenters. The van der Waals surface area contributed by atoms with Crippen molar-refractivity contribution < 1.29 is 21.6 Å². The van der Waals surface area contributed by atoms with Crippen LogP contribution in [0.4, 0.5) is 5.69 Å². The Morgan fingerprint density at radius 3 is 2.07 bits per heavy atom. The maximum Gasteiger partial charge on any atom is 0.244 e. The average molecular weight is 469 g/mol. The first kappa shape index (κ1) is 22.8. The topological polar surface area (TPSA) is 101 Å². The molecule has 1 amide bonds. The molecule has 10 heteroatoms. The molecule has 1 aliphatic heterocycles. The van der Waals surface area contributed by atoms with Gasteiger partial charge in [-0.1, -0.05) is 12.1 Å². The van der Waals surface area contributed by atoms with E-state index in [2.05, 4.69) is 5.32 Å². The lowest BCUT2D eigenvalue weighted by molar-refractivity contribution is -0.120. The van der Waals surface area contributed by atoms with Gasteiger partial charge in [-0.25, -0.2) is 16.8 Å². The highest BCUT2D eigenvalue weighted by Gasteiger charge is 2.34. The highest BCUT2D eigenvalue weighted by molar-refractivity contribution is 7.98. The number of nitrogens with zero attached hydrogens (tertiary/aromatic N) is 1. The molecule has 1 N–H and O–H groups in total. The maximum absolute atomic E-state index is 13.0. The van der Waals surface area contributed by atoms with E-state index >= 15 is 0 Å². The van der Waals surface area contributed by atoms with Gasteiger partial charge in [-0.15, -0.1) is 11.8 Å². The molecule has 0 atom stereocenters. The van der Waals surface area contributed by atoms with E-state index in [1.807, 2.05) is 30.5 Å². The fraction of sp³-hybridized carbons (Fsp3) is 0.350. The van der Waals surface area contributed by atoms with Gasteiger partial charge in [-0.2, -0.15) is 4.31 Å². The molecule has 0 aromatic heterocycles. The van der Waals surface area contributed by atoms with Gasteiger partial charge in [0.2, 0.25) is 15.9 Å². The molecule has 162 valence electrons. The summed E-state index contributed by atoms with van der Waals surface area (Å²) in [6.07, 6.45) is 3.71. The molecule has 2 aromatic carbocycles. The Bertz CT molecular complexity index is 1120. The van der Waals surface area contributed by atoms with E-state index in [9.17, 15) is 21.6 Å². The first-order valence-corrected chi connectivity index (χ1v) is 13.9. The number of anilines is 1. The second-order valence-corrected chi connectivity index (χ2v) is 11.9. The molecular weight excluding hydrogens is 444 g/mol. The highest BCUT2D eigenvalue weighted by Crippen LogP contribution is 2.28. The van der Waals surface area contributed by atoms with Gasteiger partial charge >= 0.3 is 0 Å². The summed E-state index contributed by atoms with van der Waals surface area (Å²) < 4.78 is 51.3. The molecule has 0 bridgehead atoms. The molecule has 1 heterocycles. The predicted molar refractivity (Wildman–Crippen MR) is 118 cm³/mol. The molecule has 7 nitrogen and oxygen atoms in total. The van der Waals surface area contributed by atoms with Crippen LogP contribution in [-0.4, -0.2) is 52.6 Å². The average Bonchev–Trinajstić information content (AvgIpc) is 2.74. The van der Waals surface area contributed by atoms with Gasteiger partial charge in [0, 0.05) is 35.8 Å². The Morgan fingerprint density at radius 2 is 1.53 bits per heavy atom. The lowest BCUT2D eigenvalue weighted by atomic mass is 9.97. The molecule has 3 rings (SSSR count). The van der Waals surface area contributed by atoms with Gasteiger partial charge in [-0.05, 0) is 55.5 Å². The van der Waals surface area contributed by atoms with Crippen LogP contribution in [0.3, 0.4) is 0 Å². The summed E-state index contributed by atoms with van der Waals surface area (Å²) in [5, 5.41) is 2.88. The lowest BCUT2D eigenvalue weighted by Gasteiger charge is -2.31. The second kappa shape index (κ2) is 9.09. The van der Waals surface area contributed by atoms with Gasteiger partial charge in [0.05, 0.1) is 4.90 Å². The van der Waals surface area contributed by atoms with Crippen LogP contribution in [0.25, 0.3) is 0 Å². The number of amides is 1. The minimum atomic E-state index is -3.97. The van der Waals surface area contributed by atoms with Crippen molar-refractivity contribution in [3.63, 3.8) is 0 Å². The maximum atomic E-state index is 13.0. The van der Waals surface area contributed by atoms with Gasteiger partial charge in [-0.3, -0.25) is 4.79 Å². The van der Waals surface area contributed by atoms with E-state index in [-0.39, 0.29) is 34.7 Å². The van der Waals surface area contributed by atoms with Crippen LogP contribution >= 0.6 is 11.8 Å². The Hall–Kier alpha value is -1.88. The third-order valence-electron chi connectivity index (χ3n) is 5.05. The van der Waals surface area contributed by atoms with E-state index in [0.29, 0.717) is 18.5 Å². The zero-order valence-corrected chi connectivity index (χ0v) is 19.2. The third kappa shape index (κ3) is 5.05. The van der Waals surface area contributed by atoms with E-state index < -0.39 is 19.9 Å². The molecule has 1 fully saturated rings. The quantitative estimate of drug-likeness (QED) is 0.655. The molecule has 1 aliphatic rings. The van der Waals surface area contributed by atoms with Crippen LogP contribution in [0.2, 0.25) is 0 Å². The van der Waals surface area contributed by atoms with Crippen LogP contribution in [0.1, 0.15) is 12.8 Å². The van der Waals surface area contributed by atoms with Gasteiger partial charge in [0.1, 0.15) is 4.90 Å². The minimum absolute atomic E-state index is 0.138. The monoisotopic (exact) mass is 468 g/mol. The van der Waals surface area contributed by atoms with E-state index in [1.54, 1.807) is 11.8 Å². The number of carbonyl (C=O) groups excluding carboxylic acids is 1. The number of benzene rings is 2. The number of rotatable bonds is 6. The third-order valence-corrected chi connectivity index (χ3v) is 9.03. The van der Waals surface area contributed by atoms with Crippen LogP contribution in [0, 0.1) is 5.92 Å². The number of piperidine rings is 1. The standard InChI is InChI=1S/C20H24N2O5S3/c1-28-17-9-7-16(8-10-17)21-20(23)15-11-13-22(14-12-15)30(26,27)19-6-4-3-5-18(19)29(2,24)25/h3-10,15H,11-14H2,1-2H3,(H,21,23). The van der Waals surface area contributed by atoms with Crippen LogP contribution in [-0.2, 0) is 24.7 Å². The van der Waals surface area contributed by atoms with E-state index in [4.69, 9.17) is 0 Å². The van der Waals surface area contributed by atoms with Crippen LogP contribution in [0.15, 0.2) is 63.2 Å². The summed E-state index contributed by atoms with van der Waals surface area (Å²) in [7, 11) is -7.66. The van der Waals surface area contributed by atoms with E-state index in [0.717, 1.165) is 11.2 Å². The van der Waals surface area contributed by atoms with Crippen LogP contribution < -0.4 is 5.32 Å². The molecular formula is C20H24N2O5S3. The molecule has 0 aliphatic carbocycles. The van der Waals surface area contributed by atoms with E-state index in [1.165, 1.54) is 28.6 Å². The van der Waals surface area contributed by atoms with Crippen molar-refractivity contribution in [3.8, 4) is 0 Å². The molecule has 0 saturated carbocycles. The van der Waals surface area contributed by atoms with Gasteiger partial charge in [0.25, 0.3) is 0 Å². The predicted octanol–water partition coefficient (Wildman–Crippen LogP) is 2.85. The fourth-order valence-corrected chi connectivity index (χ4v) is 6.87.